The standard InChI is InChI=1S/C14H20NO8P/c1-14(2)22-11-8(7-3-4-10(16)15-13(7)17)5-9(12(11)23-14)21-6-24(18,19)20/h3-4,7-9,11-12H,5-6H2,1-2H3,(H,15,16,17)(H2,18,19,20)/t7?,8-,9-,11?,12?/m0/s1. The van der Waals surface area contributed by atoms with Crippen LogP contribution in [0.15, 0.2) is 12.2 Å². The van der Waals surface area contributed by atoms with E-state index in [-0.39, 0.29) is 5.92 Å². The Morgan fingerprint density at radius 3 is 2.62 bits per heavy atom. The highest BCUT2D eigenvalue weighted by Gasteiger charge is 2.57. The normalized spacial score (nSPS) is 38.2. The van der Waals surface area contributed by atoms with E-state index in [9.17, 15) is 14.2 Å². The van der Waals surface area contributed by atoms with Crippen LogP contribution in [0.25, 0.3) is 0 Å². The van der Waals surface area contributed by atoms with Gasteiger partial charge in [-0.3, -0.25) is 19.5 Å². The number of imide groups is 1. The molecule has 0 spiro atoms. The number of hydrogen-bond acceptors (Lipinski definition) is 6. The fourth-order valence-corrected chi connectivity index (χ4v) is 3.93. The maximum atomic E-state index is 12.1. The third-order valence-corrected chi connectivity index (χ3v) is 4.86. The second kappa shape index (κ2) is 6.01. The first-order chi connectivity index (χ1) is 11.1. The molecule has 0 bridgehead atoms. The van der Waals surface area contributed by atoms with E-state index >= 15 is 0 Å². The number of fused-ring (bicyclic) bond motifs is 1. The second-order valence-corrected chi connectivity index (χ2v) is 8.29. The maximum absolute atomic E-state index is 12.1. The van der Waals surface area contributed by atoms with Crippen molar-refractivity contribution in [3.05, 3.63) is 12.2 Å². The van der Waals surface area contributed by atoms with Crippen molar-refractivity contribution in [2.45, 2.75) is 44.4 Å². The lowest BCUT2D eigenvalue weighted by Crippen LogP contribution is -2.43. The van der Waals surface area contributed by atoms with E-state index < -0.39 is 55.8 Å². The van der Waals surface area contributed by atoms with Gasteiger partial charge >= 0.3 is 7.60 Å². The number of nitrogens with one attached hydrogen (secondary N) is 1. The van der Waals surface area contributed by atoms with Gasteiger partial charge in [-0.2, -0.15) is 0 Å². The summed E-state index contributed by atoms with van der Waals surface area (Å²) in [5.41, 5.74) is 0. The molecule has 3 aliphatic rings. The molecule has 2 amide bonds. The molecule has 10 heteroatoms. The maximum Gasteiger partial charge on any atom is 0.350 e. The van der Waals surface area contributed by atoms with Gasteiger partial charge in [0.15, 0.2) is 5.79 Å². The minimum Gasteiger partial charge on any atom is -0.363 e. The topological polar surface area (TPSA) is 131 Å². The Bertz CT molecular complexity index is 626. The lowest BCUT2D eigenvalue weighted by molar-refractivity contribution is -0.172. The number of ether oxygens (including phenoxy) is 3. The molecule has 5 atom stereocenters. The molecular weight excluding hydrogens is 341 g/mol. The van der Waals surface area contributed by atoms with E-state index in [2.05, 4.69) is 5.32 Å². The predicted octanol–water partition coefficient (Wildman–Crippen LogP) is -0.124. The van der Waals surface area contributed by atoms with Gasteiger partial charge in [0, 0.05) is 12.0 Å². The van der Waals surface area contributed by atoms with Gasteiger partial charge < -0.3 is 24.0 Å². The first-order valence-electron chi connectivity index (χ1n) is 7.60. The molecule has 0 aromatic rings. The first-order valence-corrected chi connectivity index (χ1v) is 9.40. The molecule has 1 saturated heterocycles. The zero-order valence-electron chi connectivity index (χ0n) is 13.2. The van der Waals surface area contributed by atoms with Crippen LogP contribution in [-0.4, -0.2) is 52.0 Å². The summed E-state index contributed by atoms with van der Waals surface area (Å²) in [5, 5.41) is 2.25. The van der Waals surface area contributed by atoms with Crippen LogP contribution >= 0.6 is 7.60 Å². The van der Waals surface area contributed by atoms with E-state index in [1.54, 1.807) is 13.8 Å². The van der Waals surface area contributed by atoms with Crippen LogP contribution < -0.4 is 5.32 Å². The molecule has 2 heterocycles. The van der Waals surface area contributed by atoms with E-state index in [1.807, 2.05) is 0 Å². The lowest BCUT2D eigenvalue weighted by Gasteiger charge is -2.27. The van der Waals surface area contributed by atoms with Gasteiger partial charge in [-0.05, 0) is 20.3 Å². The average molecular weight is 361 g/mol. The molecule has 134 valence electrons. The predicted molar refractivity (Wildman–Crippen MR) is 79.5 cm³/mol. The zero-order valence-corrected chi connectivity index (χ0v) is 14.1. The number of hydrogen-bond donors (Lipinski definition) is 3. The number of carbonyl (C=O) groups is 2. The van der Waals surface area contributed by atoms with Crippen molar-refractivity contribution in [2.24, 2.45) is 11.8 Å². The summed E-state index contributed by atoms with van der Waals surface area (Å²) in [7, 11) is -4.32. The van der Waals surface area contributed by atoms with Crippen LogP contribution in [0.1, 0.15) is 20.3 Å². The molecule has 3 rings (SSSR count). The van der Waals surface area contributed by atoms with Gasteiger partial charge in [-0.1, -0.05) is 6.08 Å². The van der Waals surface area contributed by atoms with Gasteiger partial charge in [0.05, 0.1) is 18.1 Å². The summed E-state index contributed by atoms with van der Waals surface area (Å²) < 4.78 is 28.1. The van der Waals surface area contributed by atoms with Crippen LogP contribution in [0.5, 0.6) is 0 Å². The quantitative estimate of drug-likeness (QED) is 0.466. The summed E-state index contributed by atoms with van der Waals surface area (Å²) in [6.45, 7) is 3.45. The van der Waals surface area contributed by atoms with Crippen LogP contribution in [0.2, 0.25) is 0 Å². The SMILES string of the molecule is CC1(C)OC2C(O1)[C@@H](OCP(=O)(O)O)C[C@H]2C1C=CC(=O)NC1=O. The summed E-state index contributed by atoms with van der Waals surface area (Å²) in [6, 6.07) is 0. The summed E-state index contributed by atoms with van der Waals surface area (Å²) in [6.07, 6.45) is 0.846. The highest BCUT2D eigenvalue weighted by molar-refractivity contribution is 7.51. The fourth-order valence-electron chi connectivity index (χ4n) is 3.54. The molecule has 9 nitrogen and oxygen atoms in total. The van der Waals surface area contributed by atoms with E-state index in [0.717, 1.165) is 0 Å². The van der Waals surface area contributed by atoms with Gasteiger partial charge in [0.25, 0.3) is 0 Å². The van der Waals surface area contributed by atoms with Gasteiger partial charge in [0.2, 0.25) is 11.8 Å². The van der Waals surface area contributed by atoms with Crippen LogP contribution in [0.3, 0.4) is 0 Å². The molecule has 1 aliphatic carbocycles. The Balaban J connectivity index is 1.80. The highest BCUT2D eigenvalue weighted by Crippen LogP contribution is 2.47. The zero-order chi connectivity index (χ0) is 17.7. The molecule has 0 aromatic carbocycles. The van der Waals surface area contributed by atoms with E-state index in [4.69, 9.17) is 24.0 Å². The number of carbonyl (C=O) groups excluding carboxylic acids is 2. The third-order valence-electron chi connectivity index (χ3n) is 4.38. The van der Waals surface area contributed by atoms with Gasteiger partial charge in [-0.25, -0.2) is 0 Å². The monoisotopic (exact) mass is 361 g/mol. The van der Waals surface area contributed by atoms with Crippen molar-refractivity contribution >= 4 is 19.4 Å². The molecule has 0 aromatic heterocycles. The Kier molecular flexibility index (Phi) is 4.44. The largest absolute Gasteiger partial charge is 0.363 e. The van der Waals surface area contributed by atoms with Crippen molar-refractivity contribution < 1.29 is 38.2 Å². The van der Waals surface area contributed by atoms with Gasteiger partial charge in [-0.15, -0.1) is 0 Å². The number of amides is 2. The third kappa shape index (κ3) is 3.61. The molecule has 2 aliphatic heterocycles. The lowest BCUT2D eigenvalue weighted by atomic mass is 9.86. The minimum atomic E-state index is -4.32. The Labute approximate surface area is 138 Å². The smallest absolute Gasteiger partial charge is 0.350 e. The Morgan fingerprint density at radius 1 is 1.33 bits per heavy atom. The first kappa shape index (κ1) is 17.7. The molecular formula is C14H20NO8P. The van der Waals surface area contributed by atoms with E-state index in [1.165, 1.54) is 12.2 Å². The van der Waals surface area contributed by atoms with Crippen LogP contribution in [0, 0.1) is 11.8 Å². The molecule has 0 radical (unpaired) electrons. The summed E-state index contributed by atoms with van der Waals surface area (Å²) >= 11 is 0. The highest BCUT2D eigenvalue weighted by atomic mass is 31.2. The molecule has 2 fully saturated rings. The van der Waals surface area contributed by atoms with Gasteiger partial charge in [0.1, 0.15) is 12.5 Å². The second-order valence-electron chi connectivity index (χ2n) is 6.70. The van der Waals surface area contributed by atoms with Crippen LogP contribution in [0.4, 0.5) is 0 Å². The van der Waals surface area contributed by atoms with E-state index in [0.29, 0.717) is 6.42 Å². The molecule has 3 unspecified atom stereocenters. The molecule has 1 saturated carbocycles. The van der Waals surface area contributed by atoms with Crippen molar-refractivity contribution in [3.8, 4) is 0 Å². The summed E-state index contributed by atoms with van der Waals surface area (Å²) in [4.78, 5) is 41.4. The van der Waals surface area contributed by atoms with Crippen molar-refractivity contribution in [1.29, 1.82) is 0 Å². The average Bonchev–Trinajstić information content (AvgIpc) is 2.90. The minimum absolute atomic E-state index is 0.317. The Hall–Kier alpha value is -1.09. The summed E-state index contributed by atoms with van der Waals surface area (Å²) in [5.74, 6) is -2.68. The fraction of sp³-hybridized carbons (Fsp3) is 0.714. The van der Waals surface area contributed by atoms with Crippen molar-refractivity contribution in [2.75, 3.05) is 6.35 Å². The molecule has 3 N–H and O–H groups in total. The Morgan fingerprint density at radius 2 is 2.00 bits per heavy atom. The van der Waals surface area contributed by atoms with Crippen molar-refractivity contribution in [3.63, 3.8) is 0 Å². The molecule has 24 heavy (non-hydrogen) atoms. The van der Waals surface area contributed by atoms with Crippen LogP contribution in [-0.2, 0) is 28.4 Å². The number of rotatable bonds is 4. The van der Waals surface area contributed by atoms with Crippen molar-refractivity contribution in [1.82, 2.24) is 5.32 Å².